The summed E-state index contributed by atoms with van der Waals surface area (Å²) in [6, 6.07) is 12.1. The molecule has 1 aliphatic rings. The van der Waals surface area contributed by atoms with E-state index in [9.17, 15) is 21.6 Å². The second kappa shape index (κ2) is 14.5. The van der Waals surface area contributed by atoms with Crippen LogP contribution < -0.4 is 18.5 Å². The van der Waals surface area contributed by atoms with Crippen LogP contribution in [0.2, 0.25) is 0 Å². The van der Waals surface area contributed by atoms with Gasteiger partial charge in [-0.2, -0.15) is 13.2 Å². The zero-order valence-electron chi connectivity index (χ0n) is 27.1. The van der Waals surface area contributed by atoms with Gasteiger partial charge in [-0.25, -0.2) is 31.5 Å². The Morgan fingerprint density at radius 3 is 2.35 bits per heavy atom. The Kier molecular flexibility index (Phi) is 10.6. The van der Waals surface area contributed by atoms with E-state index in [2.05, 4.69) is 9.97 Å². The zero-order chi connectivity index (χ0) is 35.5. The molecule has 3 aromatic carbocycles. The Hall–Kier alpha value is -4.50. The van der Waals surface area contributed by atoms with Crippen LogP contribution in [-0.2, 0) is 22.7 Å². The number of anilines is 1. The van der Waals surface area contributed by atoms with Crippen LogP contribution in [0.15, 0.2) is 78.1 Å². The number of hydrogen-bond donors (Lipinski definition) is 0. The fourth-order valence-corrected chi connectivity index (χ4v) is 7.47. The molecule has 0 radical (unpaired) electrons. The molecule has 15 heteroatoms. The van der Waals surface area contributed by atoms with Crippen molar-refractivity contribution in [2.75, 3.05) is 32.6 Å². The Balaban J connectivity index is 1.42. The number of halogens is 5. The third-order valence-corrected chi connectivity index (χ3v) is 10.3. The van der Waals surface area contributed by atoms with E-state index in [1.807, 2.05) is 4.90 Å². The summed E-state index contributed by atoms with van der Waals surface area (Å²) in [5, 5.41) is 0. The smallest absolute Gasteiger partial charge is 0.416 e. The first-order chi connectivity index (χ1) is 23.2. The van der Waals surface area contributed by atoms with Gasteiger partial charge in [-0.15, -0.1) is 0 Å². The summed E-state index contributed by atoms with van der Waals surface area (Å²) in [5.41, 5.74) is 0.188. The second-order valence-corrected chi connectivity index (χ2v) is 13.6. The van der Waals surface area contributed by atoms with Crippen molar-refractivity contribution in [2.45, 2.75) is 54.9 Å². The highest BCUT2D eigenvalue weighted by Crippen LogP contribution is 2.40. The number of likely N-dealkylation sites (N-methyl/N-ethyl adjacent to an activating group) is 1. The van der Waals surface area contributed by atoms with E-state index in [0.717, 1.165) is 22.8 Å². The minimum atomic E-state index is -4.77. The molecular formula is C34H35F5N4O5S. The van der Waals surface area contributed by atoms with E-state index in [-0.39, 0.29) is 24.3 Å². The maximum atomic E-state index is 15.8. The Bertz CT molecular complexity index is 1880. The molecule has 1 saturated carbocycles. The van der Waals surface area contributed by atoms with Gasteiger partial charge in [-0.1, -0.05) is 18.2 Å². The van der Waals surface area contributed by atoms with Gasteiger partial charge in [0.2, 0.25) is 0 Å². The Labute approximate surface area is 281 Å². The number of aromatic nitrogens is 2. The fourth-order valence-electron chi connectivity index (χ4n) is 6.01. The molecule has 1 heterocycles. The normalized spacial score (nSPS) is 18.3. The third-order valence-electron chi connectivity index (χ3n) is 8.57. The lowest BCUT2D eigenvalue weighted by molar-refractivity contribution is -0.137. The summed E-state index contributed by atoms with van der Waals surface area (Å²) < 4.78 is 117. The van der Waals surface area contributed by atoms with Crippen LogP contribution in [0.1, 0.15) is 41.9 Å². The maximum Gasteiger partial charge on any atom is 0.416 e. The average molecular weight is 707 g/mol. The van der Waals surface area contributed by atoms with Crippen LogP contribution in [0.5, 0.6) is 17.2 Å². The largest absolute Gasteiger partial charge is 0.497 e. The van der Waals surface area contributed by atoms with Gasteiger partial charge in [0.15, 0.2) is 11.6 Å². The molecule has 0 aliphatic heterocycles. The molecule has 4 aromatic rings. The predicted molar refractivity (Wildman–Crippen MR) is 171 cm³/mol. The Morgan fingerprint density at radius 1 is 0.918 bits per heavy atom. The summed E-state index contributed by atoms with van der Waals surface area (Å²) in [6.07, 6.45) is -1.53. The van der Waals surface area contributed by atoms with E-state index in [1.165, 1.54) is 32.5 Å². The molecule has 0 N–H and O–H groups in total. The molecule has 262 valence electrons. The molecule has 1 aromatic heterocycles. The number of ether oxygens (including phenoxy) is 3. The first kappa shape index (κ1) is 35.8. The van der Waals surface area contributed by atoms with Gasteiger partial charge in [0.05, 0.1) is 26.3 Å². The molecule has 0 saturated heterocycles. The summed E-state index contributed by atoms with van der Waals surface area (Å²) >= 11 is 0. The number of benzene rings is 3. The molecule has 0 unspecified atom stereocenters. The summed E-state index contributed by atoms with van der Waals surface area (Å²) in [6.45, 7) is -0.356. The molecule has 1 aliphatic carbocycles. The highest BCUT2D eigenvalue weighted by molar-refractivity contribution is 7.92. The summed E-state index contributed by atoms with van der Waals surface area (Å²) in [4.78, 5) is 8.75. The summed E-state index contributed by atoms with van der Waals surface area (Å²) in [7, 11) is 1.61. The molecule has 1 fully saturated rings. The van der Waals surface area contributed by atoms with Crippen molar-refractivity contribution in [2.24, 2.45) is 0 Å². The minimum absolute atomic E-state index is 0.0978. The predicted octanol–water partition coefficient (Wildman–Crippen LogP) is 6.83. The van der Waals surface area contributed by atoms with Gasteiger partial charge >= 0.3 is 6.18 Å². The van der Waals surface area contributed by atoms with Crippen LogP contribution in [0.3, 0.4) is 0 Å². The third kappa shape index (κ3) is 7.88. The summed E-state index contributed by atoms with van der Waals surface area (Å²) in [5.74, 6) is -2.42. The molecule has 0 bridgehead atoms. The second-order valence-electron chi connectivity index (χ2n) is 11.8. The monoisotopic (exact) mass is 706 g/mol. The molecule has 9 nitrogen and oxygen atoms in total. The highest BCUT2D eigenvalue weighted by Gasteiger charge is 2.37. The highest BCUT2D eigenvalue weighted by atomic mass is 32.2. The van der Waals surface area contributed by atoms with Gasteiger partial charge in [0.25, 0.3) is 10.0 Å². The van der Waals surface area contributed by atoms with E-state index in [1.54, 1.807) is 38.4 Å². The van der Waals surface area contributed by atoms with Crippen molar-refractivity contribution in [3.8, 4) is 17.2 Å². The molecule has 5 rings (SSSR count). The lowest BCUT2D eigenvalue weighted by Gasteiger charge is -2.40. The lowest BCUT2D eigenvalue weighted by Crippen LogP contribution is -2.46. The fraction of sp³-hybridized carbons (Fsp3) is 0.353. The van der Waals surface area contributed by atoms with Crippen molar-refractivity contribution in [1.29, 1.82) is 0 Å². The molecule has 3 atom stereocenters. The van der Waals surface area contributed by atoms with Crippen molar-refractivity contribution in [3.63, 3.8) is 0 Å². The van der Waals surface area contributed by atoms with Crippen molar-refractivity contribution in [1.82, 2.24) is 14.9 Å². The van der Waals surface area contributed by atoms with E-state index in [0.29, 0.717) is 54.0 Å². The number of hydrogen-bond acceptors (Lipinski definition) is 8. The minimum Gasteiger partial charge on any atom is -0.497 e. The van der Waals surface area contributed by atoms with Gasteiger partial charge in [0, 0.05) is 42.1 Å². The van der Waals surface area contributed by atoms with E-state index in [4.69, 9.17) is 14.2 Å². The Morgan fingerprint density at radius 2 is 1.69 bits per heavy atom. The van der Waals surface area contributed by atoms with E-state index < -0.39 is 50.1 Å². The number of rotatable bonds is 11. The maximum absolute atomic E-state index is 15.8. The SMILES string of the molecule is COc1ccc(CN(c2ccncn2)S(=O)(=O)c2cc(F)c(O[C@H]3CC[C@H](c4cccc(C(F)(F)F)c4)C[C@@H]3N(C)C)cc2F)c(OC)c1. The van der Waals surface area contributed by atoms with Crippen molar-refractivity contribution >= 4 is 15.8 Å². The lowest BCUT2D eigenvalue weighted by atomic mass is 9.79. The first-order valence-corrected chi connectivity index (χ1v) is 16.7. The van der Waals surface area contributed by atoms with E-state index >= 15 is 8.78 Å². The van der Waals surface area contributed by atoms with Gasteiger partial charge in [-0.05, 0) is 63.0 Å². The first-order valence-electron chi connectivity index (χ1n) is 15.2. The quantitative estimate of drug-likeness (QED) is 0.157. The van der Waals surface area contributed by atoms with Crippen LogP contribution >= 0.6 is 0 Å². The molecule has 0 amide bonds. The zero-order valence-corrected chi connectivity index (χ0v) is 27.9. The molecule has 49 heavy (non-hydrogen) atoms. The number of alkyl halides is 3. The molecular weight excluding hydrogens is 671 g/mol. The molecule has 0 spiro atoms. The number of nitrogens with zero attached hydrogens (tertiary/aromatic N) is 4. The van der Waals surface area contributed by atoms with Crippen molar-refractivity contribution in [3.05, 3.63) is 102 Å². The standard InChI is InChI=1S/C34H35F5N4O5S/c1-42(2)28-15-22(21-6-5-7-24(14-21)34(37,38)39)9-11-29(28)48-31-17-27(36)32(18-26(31)35)49(44,45)43(33-12-13-40-20-41-33)19-23-8-10-25(46-3)16-30(23)47-4/h5-8,10,12-14,16-18,20,22,28-29H,9,11,15,19H2,1-4H3/t22-,28-,29-/m0/s1. The van der Waals surface area contributed by atoms with Crippen LogP contribution in [0, 0.1) is 11.6 Å². The van der Waals surface area contributed by atoms with Gasteiger partial charge in [0.1, 0.15) is 40.5 Å². The van der Waals surface area contributed by atoms with Gasteiger partial charge < -0.3 is 19.1 Å². The topological polar surface area (TPSA) is 94.1 Å². The van der Waals surface area contributed by atoms with Crippen LogP contribution in [-0.4, -0.2) is 63.7 Å². The average Bonchev–Trinajstić information content (AvgIpc) is 3.08. The van der Waals surface area contributed by atoms with Crippen LogP contribution in [0.25, 0.3) is 0 Å². The van der Waals surface area contributed by atoms with Crippen LogP contribution in [0.4, 0.5) is 27.8 Å². The van der Waals surface area contributed by atoms with Gasteiger partial charge in [-0.3, -0.25) is 0 Å². The van der Waals surface area contributed by atoms with Crippen molar-refractivity contribution < 1.29 is 44.6 Å². The number of methoxy groups -OCH3 is 2. The number of sulfonamides is 1.